The van der Waals surface area contributed by atoms with Crippen molar-refractivity contribution in [1.29, 1.82) is 0 Å². The lowest BCUT2D eigenvalue weighted by atomic mass is 10.2. The van der Waals surface area contributed by atoms with Gasteiger partial charge < -0.3 is 14.4 Å². The van der Waals surface area contributed by atoms with Crippen molar-refractivity contribution >= 4 is 11.0 Å². The van der Waals surface area contributed by atoms with E-state index in [2.05, 4.69) is 22.5 Å². The lowest BCUT2D eigenvalue weighted by Crippen LogP contribution is -2.22. The van der Waals surface area contributed by atoms with E-state index in [1.165, 1.54) is 0 Å². The fraction of sp³-hybridized carbons (Fsp3) is 0.533. The van der Waals surface area contributed by atoms with Gasteiger partial charge in [-0.05, 0) is 32.9 Å². The van der Waals surface area contributed by atoms with Crippen molar-refractivity contribution in [3.63, 3.8) is 0 Å². The van der Waals surface area contributed by atoms with Gasteiger partial charge in [0.1, 0.15) is 5.82 Å². The van der Waals surface area contributed by atoms with Crippen LogP contribution in [-0.4, -0.2) is 33.5 Å². The minimum atomic E-state index is -0.510. The van der Waals surface area contributed by atoms with Crippen molar-refractivity contribution in [2.45, 2.75) is 45.9 Å². The van der Waals surface area contributed by atoms with Crippen LogP contribution in [0.25, 0.3) is 11.0 Å². The summed E-state index contributed by atoms with van der Waals surface area (Å²) in [6.07, 6.45) is 0.152. The normalized spacial score (nSPS) is 13.3. The number of aliphatic hydroxyl groups is 1. The summed E-state index contributed by atoms with van der Waals surface area (Å²) >= 11 is 0. The van der Waals surface area contributed by atoms with Crippen LogP contribution in [0.5, 0.6) is 0 Å². The zero-order chi connectivity index (χ0) is 13.8. The number of hydrogen-bond donors (Lipinski definition) is 1. The van der Waals surface area contributed by atoms with Gasteiger partial charge in [-0.25, -0.2) is 4.98 Å². The second-order valence-electron chi connectivity index (χ2n) is 5.00. The Morgan fingerprint density at radius 1 is 1.32 bits per heavy atom. The van der Waals surface area contributed by atoms with Crippen LogP contribution in [0.15, 0.2) is 24.3 Å². The molecule has 0 aliphatic heterocycles. The molecule has 0 aliphatic carbocycles. The number of hydrogen-bond acceptors (Lipinski definition) is 3. The highest BCUT2D eigenvalue weighted by Crippen LogP contribution is 2.17. The molecular formula is C15H22N2O2. The van der Waals surface area contributed by atoms with Crippen LogP contribution in [-0.2, 0) is 17.7 Å². The third-order valence-electron chi connectivity index (χ3n) is 3.09. The van der Waals surface area contributed by atoms with Crippen LogP contribution < -0.4 is 0 Å². The average Bonchev–Trinajstić information content (AvgIpc) is 2.73. The number of aliphatic hydroxyl groups excluding tert-OH is 1. The molecule has 2 aromatic rings. The predicted molar refractivity (Wildman–Crippen MR) is 76.2 cm³/mol. The van der Waals surface area contributed by atoms with Gasteiger partial charge in [0.2, 0.25) is 0 Å². The highest BCUT2D eigenvalue weighted by molar-refractivity contribution is 5.75. The number of aryl methyl sites for hydroxylation is 1. The molecule has 0 fully saturated rings. The third-order valence-corrected chi connectivity index (χ3v) is 3.09. The first kappa shape index (κ1) is 14.0. The molecule has 1 heterocycles. The Morgan fingerprint density at radius 2 is 2.05 bits per heavy atom. The van der Waals surface area contributed by atoms with Crippen molar-refractivity contribution in [1.82, 2.24) is 9.55 Å². The van der Waals surface area contributed by atoms with Crippen molar-refractivity contribution in [3.05, 3.63) is 30.1 Å². The molecule has 0 spiro atoms. The monoisotopic (exact) mass is 262 g/mol. The standard InChI is InChI=1S/C15H22N2O2/c1-4-17-14-8-6-5-7-13(14)16-15(17)9-12(18)10-19-11(2)3/h5-8,11-12,18H,4,9-10H2,1-3H3. The molecule has 1 unspecified atom stereocenters. The van der Waals surface area contributed by atoms with Gasteiger partial charge in [-0.3, -0.25) is 0 Å². The molecule has 4 nitrogen and oxygen atoms in total. The molecule has 2 rings (SSSR count). The molecular weight excluding hydrogens is 240 g/mol. The minimum Gasteiger partial charge on any atom is -0.390 e. The summed E-state index contributed by atoms with van der Waals surface area (Å²) in [7, 11) is 0. The molecule has 1 atom stereocenters. The second-order valence-corrected chi connectivity index (χ2v) is 5.00. The number of imidazole rings is 1. The summed E-state index contributed by atoms with van der Waals surface area (Å²) in [5.41, 5.74) is 2.10. The van der Waals surface area contributed by atoms with E-state index in [0.717, 1.165) is 23.4 Å². The van der Waals surface area contributed by atoms with Crippen LogP contribution in [0.1, 0.15) is 26.6 Å². The molecule has 1 aromatic heterocycles. The molecule has 104 valence electrons. The van der Waals surface area contributed by atoms with E-state index in [1.807, 2.05) is 32.0 Å². The maximum Gasteiger partial charge on any atom is 0.112 e. The van der Waals surface area contributed by atoms with Gasteiger partial charge in [-0.15, -0.1) is 0 Å². The van der Waals surface area contributed by atoms with E-state index < -0.39 is 6.10 Å². The number of para-hydroxylation sites is 2. The summed E-state index contributed by atoms with van der Waals surface area (Å²) in [5, 5.41) is 10.0. The summed E-state index contributed by atoms with van der Waals surface area (Å²) in [4.78, 5) is 4.60. The Bertz CT molecular complexity index is 534. The molecule has 0 radical (unpaired) electrons. The fourth-order valence-corrected chi connectivity index (χ4v) is 2.21. The molecule has 19 heavy (non-hydrogen) atoms. The molecule has 4 heteroatoms. The van der Waals surface area contributed by atoms with Gasteiger partial charge in [0, 0.05) is 13.0 Å². The third kappa shape index (κ3) is 3.33. The summed E-state index contributed by atoms with van der Waals surface area (Å²) in [6, 6.07) is 8.06. The lowest BCUT2D eigenvalue weighted by Gasteiger charge is -2.14. The fourth-order valence-electron chi connectivity index (χ4n) is 2.21. The molecule has 0 bridgehead atoms. The molecule has 0 aliphatic rings. The predicted octanol–water partition coefficient (Wildman–Crippen LogP) is 2.38. The first-order valence-electron chi connectivity index (χ1n) is 6.85. The highest BCUT2D eigenvalue weighted by atomic mass is 16.5. The topological polar surface area (TPSA) is 47.3 Å². The van der Waals surface area contributed by atoms with Gasteiger partial charge in [-0.2, -0.15) is 0 Å². The second kappa shape index (κ2) is 6.17. The quantitative estimate of drug-likeness (QED) is 0.869. The first-order valence-corrected chi connectivity index (χ1v) is 6.85. The summed E-state index contributed by atoms with van der Waals surface area (Å²) in [6.45, 7) is 7.23. The zero-order valence-electron chi connectivity index (χ0n) is 11.8. The van der Waals surface area contributed by atoms with Crippen LogP contribution in [0.3, 0.4) is 0 Å². The van der Waals surface area contributed by atoms with E-state index in [9.17, 15) is 5.11 Å². The molecule has 0 saturated carbocycles. The summed E-state index contributed by atoms with van der Waals surface area (Å²) in [5.74, 6) is 0.920. The van der Waals surface area contributed by atoms with Gasteiger partial charge in [0.25, 0.3) is 0 Å². The van der Waals surface area contributed by atoms with Gasteiger partial charge in [0.15, 0.2) is 0 Å². The van der Waals surface area contributed by atoms with E-state index in [-0.39, 0.29) is 6.10 Å². The maximum atomic E-state index is 10.0. The van der Waals surface area contributed by atoms with Crippen molar-refractivity contribution in [3.8, 4) is 0 Å². The summed E-state index contributed by atoms with van der Waals surface area (Å²) < 4.78 is 7.58. The highest BCUT2D eigenvalue weighted by Gasteiger charge is 2.14. The van der Waals surface area contributed by atoms with Crippen molar-refractivity contribution < 1.29 is 9.84 Å². The molecule has 1 N–H and O–H groups in total. The largest absolute Gasteiger partial charge is 0.390 e. The van der Waals surface area contributed by atoms with E-state index in [0.29, 0.717) is 13.0 Å². The lowest BCUT2D eigenvalue weighted by molar-refractivity contribution is 0.00525. The smallest absolute Gasteiger partial charge is 0.112 e. The van der Waals surface area contributed by atoms with Crippen LogP contribution in [0.2, 0.25) is 0 Å². The molecule has 1 aromatic carbocycles. The number of nitrogens with zero attached hydrogens (tertiary/aromatic N) is 2. The van der Waals surface area contributed by atoms with E-state index in [1.54, 1.807) is 0 Å². The Labute approximate surface area is 114 Å². The van der Waals surface area contributed by atoms with Crippen LogP contribution in [0.4, 0.5) is 0 Å². The maximum absolute atomic E-state index is 10.0. The number of fused-ring (bicyclic) bond motifs is 1. The molecule has 0 amide bonds. The Balaban J connectivity index is 2.15. The zero-order valence-corrected chi connectivity index (χ0v) is 11.8. The van der Waals surface area contributed by atoms with Crippen molar-refractivity contribution in [2.24, 2.45) is 0 Å². The van der Waals surface area contributed by atoms with Gasteiger partial charge >= 0.3 is 0 Å². The Kier molecular flexibility index (Phi) is 4.56. The number of rotatable bonds is 6. The Morgan fingerprint density at radius 3 is 2.74 bits per heavy atom. The van der Waals surface area contributed by atoms with Crippen LogP contribution in [0, 0.1) is 0 Å². The van der Waals surface area contributed by atoms with Gasteiger partial charge in [-0.1, -0.05) is 12.1 Å². The number of ether oxygens (including phenoxy) is 1. The first-order chi connectivity index (χ1) is 9.11. The SMILES string of the molecule is CCn1c(CC(O)COC(C)C)nc2ccccc21. The molecule has 0 saturated heterocycles. The minimum absolute atomic E-state index is 0.139. The number of aromatic nitrogens is 2. The Hall–Kier alpha value is -1.39. The van der Waals surface area contributed by atoms with Crippen molar-refractivity contribution in [2.75, 3.05) is 6.61 Å². The van der Waals surface area contributed by atoms with Gasteiger partial charge in [0.05, 0.1) is 29.8 Å². The van der Waals surface area contributed by atoms with E-state index >= 15 is 0 Å². The van der Waals surface area contributed by atoms with Crippen LogP contribution >= 0.6 is 0 Å². The number of benzene rings is 1. The average molecular weight is 262 g/mol. The van der Waals surface area contributed by atoms with E-state index in [4.69, 9.17) is 4.74 Å².